The van der Waals surface area contributed by atoms with Crippen LogP contribution in [0.2, 0.25) is 0 Å². The molecular formula is C24H25FN2O4. The van der Waals surface area contributed by atoms with Gasteiger partial charge in [-0.1, -0.05) is 18.6 Å². The monoisotopic (exact) mass is 424 g/mol. The summed E-state index contributed by atoms with van der Waals surface area (Å²) in [4.78, 5) is 27.4. The summed E-state index contributed by atoms with van der Waals surface area (Å²) < 4.78 is 24.5. The Morgan fingerprint density at radius 1 is 1.06 bits per heavy atom. The number of hydrogen-bond donors (Lipinski definition) is 1. The number of amides is 2. The summed E-state index contributed by atoms with van der Waals surface area (Å²) in [7, 11) is 0. The molecule has 3 aliphatic rings. The van der Waals surface area contributed by atoms with Crippen LogP contribution in [0.15, 0.2) is 42.5 Å². The van der Waals surface area contributed by atoms with Gasteiger partial charge in [-0.15, -0.1) is 0 Å². The highest BCUT2D eigenvalue weighted by atomic mass is 19.1. The molecule has 1 saturated heterocycles. The minimum absolute atomic E-state index is 0.0844. The van der Waals surface area contributed by atoms with Crippen molar-refractivity contribution in [1.29, 1.82) is 0 Å². The minimum atomic E-state index is -0.427. The van der Waals surface area contributed by atoms with Crippen LogP contribution in [0.4, 0.5) is 10.1 Å². The Morgan fingerprint density at radius 2 is 1.81 bits per heavy atom. The van der Waals surface area contributed by atoms with Gasteiger partial charge in [-0.05, 0) is 48.6 Å². The van der Waals surface area contributed by atoms with E-state index in [9.17, 15) is 14.0 Å². The molecule has 0 aromatic heterocycles. The predicted octanol–water partition coefficient (Wildman–Crippen LogP) is 3.61. The van der Waals surface area contributed by atoms with Crippen LogP contribution < -0.4 is 19.7 Å². The molecule has 2 aromatic carbocycles. The summed E-state index contributed by atoms with van der Waals surface area (Å²) in [6.07, 6.45) is 3.38. The zero-order valence-corrected chi connectivity index (χ0v) is 17.2. The van der Waals surface area contributed by atoms with Gasteiger partial charge in [-0.25, -0.2) is 4.39 Å². The number of carbonyl (C=O) groups excluding carboxylic acids is 2. The van der Waals surface area contributed by atoms with E-state index in [0.29, 0.717) is 42.9 Å². The number of halogens is 1. The SMILES string of the molecule is O=C(NC(c1ccc(F)cc1)C1CCC1)C1CC(=O)N(c2ccc3c(c2)OCCO3)C1. The first kappa shape index (κ1) is 19.8. The van der Waals surface area contributed by atoms with E-state index in [0.717, 1.165) is 24.8 Å². The second-order valence-electron chi connectivity index (χ2n) is 8.46. The molecule has 2 aliphatic heterocycles. The largest absolute Gasteiger partial charge is 0.486 e. The van der Waals surface area contributed by atoms with Gasteiger partial charge in [-0.2, -0.15) is 0 Å². The lowest BCUT2D eigenvalue weighted by molar-refractivity contribution is -0.127. The standard InChI is InChI=1S/C24H25FN2O4/c25-18-6-4-16(5-7-18)23(15-2-1-3-15)26-24(29)17-12-22(28)27(14-17)19-8-9-20-21(13-19)31-11-10-30-20/h4-9,13,15,17,23H,1-3,10-12,14H2,(H,26,29). The molecule has 162 valence electrons. The van der Waals surface area contributed by atoms with Crippen LogP contribution in [0.5, 0.6) is 11.5 Å². The second-order valence-corrected chi connectivity index (χ2v) is 8.46. The molecule has 2 heterocycles. The van der Waals surface area contributed by atoms with Gasteiger partial charge in [0.1, 0.15) is 19.0 Å². The third kappa shape index (κ3) is 3.96. The first-order chi connectivity index (χ1) is 15.1. The summed E-state index contributed by atoms with van der Waals surface area (Å²) in [5, 5.41) is 3.15. The van der Waals surface area contributed by atoms with E-state index in [1.807, 2.05) is 6.07 Å². The summed E-state index contributed by atoms with van der Waals surface area (Å²) in [6, 6.07) is 11.6. The van der Waals surface area contributed by atoms with Gasteiger partial charge in [0.2, 0.25) is 11.8 Å². The molecule has 7 heteroatoms. The Morgan fingerprint density at radius 3 is 2.52 bits per heavy atom. The van der Waals surface area contributed by atoms with Crippen LogP contribution in [-0.4, -0.2) is 31.6 Å². The Balaban J connectivity index is 1.29. The summed E-state index contributed by atoms with van der Waals surface area (Å²) >= 11 is 0. The molecule has 1 N–H and O–H groups in total. The van der Waals surface area contributed by atoms with Crippen LogP contribution >= 0.6 is 0 Å². The zero-order valence-electron chi connectivity index (χ0n) is 17.2. The Kier molecular flexibility index (Phi) is 5.26. The lowest BCUT2D eigenvalue weighted by Gasteiger charge is -2.35. The number of benzene rings is 2. The average molecular weight is 424 g/mol. The Labute approximate surface area is 180 Å². The topological polar surface area (TPSA) is 67.9 Å². The third-order valence-corrected chi connectivity index (χ3v) is 6.48. The van der Waals surface area contributed by atoms with Gasteiger partial charge in [0.15, 0.2) is 11.5 Å². The quantitative estimate of drug-likeness (QED) is 0.796. The van der Waals surface area contributed by atoms with Crippen molar-refractivity contribution in [2.45, 2.75) is 31.7 Å². The number of anilines is 1. The number of ether oxygens (including phenoxy) is 2. The van der Waals surface area contributed by atoms with E-state index >= 15 is 0 Å². The lowest BCUT2D eigenvalue weighted by atomic mass is 9.77. The van der Waals surface area contributed by atoms with E-state index in [4.69, 9.17) is 9.47 Å². The molecule has 2 atom stereocenters. The summed E-state index contributed by atoms with van der Waals surface area (Å²) in [5.74, 6) is 0.695. The van der Waals surface area contributed by atoms with Crippen LogP contribution in [0, 0.1) is 17.7 Å². The van der Waals surface area contributed by atoms with Crippen molar-refractivity contribution in [3.63, 3.8) is 0 Å². The highest BCUT2D eigenvalue weighted by Crippen LogP contribution is 2.39. The lowest BCUT2D eigenvalue weighted by Crippen LogP contribution is -2.40. The van der Waals surface area contributed by atoms with Gasteiger partial charge in [0, 0.05) is 24.7 Å². The number of hydrogen-bond acceptors (Lipinski definition) is 4. The van der Waals surface area contributed by atoms with Crippen LogP contribution in [0.3, 0.4) is 0 Å². The molecule has 0 bridgehead atoms. The molecular weight excluding hydrogens is 399 g/mol. The molecule has 2 unspecified atom stereocenters. The van der Waals surface area contributed by atoms with E-state index in [2.05, 4.69) is 5.32 Å². The second kappa shape index (κ2) is 8.21. The van der Waals surface area contributed by atoms with Crippen molar-refractivity contribution < 1.29 is 23.5 Å². The Bertz CT molecular complexity index is 990. The summed E-state index contributed by atoms with van der Waals surface area (Å²) in [6.45, 7) is 1.31. The van der Waals surface area contributed by atoms with Gasteiger partial charge >= 0.3 is 0 Å². The first-order valence-electron chi connectivity index (χ1n) is 10.8. The van der Waals surface area contributed by atoms with E-state index < -0.39 is 5.92 Å². The highest BCUT2D eigenvalue weighted by Gasteiger charge is 2.38. The van der Waals surface area contributed by atoms with E-state index in [1.54, 1.807) is 29.2 Å². The number of rotatable bonds is 5. The molecule has 2 fully saturated rings. The van der Waals surface area contributed by atoms with Crippen molar-refractivity contribution >= 4 is 17.5 Å². The molecule has 31 heavy (non-hydrogen) atoms. The van der Waals surface area contributed by atoms with Crippen LogP contribution in [0.25, 0.3) is 0 Å². The zero-order chi connectivity index (χ0) is 21.4. The van der Waals surface area contributed by atoms with Gasteiger partial charge in [0.25, 0.3) is 0 Å². The third-order valence-electron chi connectivity index (χ3n) is 6.48. The molecule has 5 rings (SSSR count). The molecule has 2 amide bonds. The average Bonchev–Trinajstić information content (AvgIpc) is 3.14. The van der Waals surface area contributed by atoms with Crippen molar-refractivity contribution in [2.24, 2.45) is 11.8 Å². The van der Waals surface area contributed by atoms with E-state index in [1.165, 1.54) is 12.1 Å². The van der Waals surface area contributed by atoms with Gasteiger partial charge in [-0.3, -0.25) is 9.59 Å². The molecule has 0 spiro atoms. The molecule has 1 aliphatic carbocycles. The number of nitrogens with one attached hydrogen (secondary N) is 1. The van der Waals surface area contributed by atoms with Crippen molar-refractivity contribution in [2.75, 3.05) is 24.7 Å². The number of carbonyl (C=O) groups is 2. The van der Waals surface area contributed by atoms with Crippen molar-refractivity contribution in [1.82, 2.24) is 5.32 Å². The van der Waals surface area contributed by atoms with Gasteiger partial charge in [0.05, 0.1) is 12.0 Å². The number of fused-ring (bicyclic) bond motifs is 1. The fourth-order valence-electron chi connectivity index (χ4n) is 4.52. The fourth-order valence-corrected chi connectivity index (χ4v) is 4.52. The van der Waals surface area contributed by atoms with Crippen molar-refractivity contribution in [3.05, 3.63) is 53.8 Å². The molecule has 6 nitrogen and oxygen atoms in total. The van der Waals surface area contributed by atoms with E-state index in [-0.39, 0.29) is 30.1 Å². The highest BCUT2D eigenvalue weighted by molar-refractivity contribution is 6.00. The predicted molar refractivity (Wildman–Crippen MR) is 113 cm³/mol. The molecule has 2 aromatic rings. The smallest absolute Gasteiger partial charge is 0.227 e. The normalized spacial score (nSPS) is 21.5. The maximum absolute atomic E-state index is 13.4. The maximum atomic E-state index is 13.4. The number of nitrogens with zero attached hydrogens (tertiary/aromatic N) is 1. The fraction of sp³-hybridized carbons (Fsp3) is 0.417. The van der Waals surface area contributed by atoms with Crippen LogP contribution in [0.1, 0.15) is 37.3 Å². The minimum Gasteiger partial charge on any atom is -0.486 e. The maximum Gasteiger partial charge on any atom is 0.227 e. The molecule has 0 radical (unpaired) electrons. The van der Waals surface area contributed by atoms with Gasteiger partial charge < -0.3 is 19.7 Å². The first-order valence-corrected chi connectivity index (χ1v) is 10.8. The Hall–Kier alpha value is -3.09. The van der Waals surface area contributed by atoms with Crippen LogP contribution in [-0.2, 0) is 9.59 Å². The molecule has 1 saturated carbocycles. The van der Waals surface area contributed by atoms with Crippen molar-refractivity contribution in [3.8, 4) is 11.5 Å². The summed E-state index contributed by atoms with van der Waals surface area (Å²) in [5.41, 5.74) is 1.62.